The van der Waals surface area contributed by atoms with Crippen molar-refractivity contribution in [1.82, 2.24) is 5.32 Å². The molecule has 1 aromatic rings. The minimum atomic E-state index is 0.392. The maximum atomic E-state index is 3.62. The minimum Gasteiger partial charge on any atom is -0.369 e. The molecule has 1 N–H and O–H groups in total. The monoisotopic (exact) mass is 338 g/mol. The van der Waals surface area contributed by atoms with Gasteiger partial charge in [-0.2, -0.15) is 0 Å². The molecule has 1 aliphatic carbocycles. The van der Waals surface area contributed by atoms with Crippen LogP contribution < -0.4 is 10.2 Å². The van der Waals surface area contributed by atoms with Crippen LogP contribution in [-0.2, 0) is 0 Å². The van der Waals surface area contributed by atoms with Gasteiger partial charge < -0.3 is 10.2 Å². The topological polar surface area (TPSA) is 15.3 Å². The number of nitrogens with one attached hydrogen (secondary N) is 1. The summed E-state index contributed by atoms with van der Waals surface area (Å²) in [6.45, 7) is 8.81. The van der Waals surface area contributed by atoms with Gasteiger partial charge in [0.15, 0.2) is 0 Å². The number of halogens is 1. The summed E-state index contributed by atoms with van der Waals surface area (Å²) in [7, 11) is 0. The average molecular weight is 339 g/mol. The van der Waals surface area contributed by atoms with E-state index in [1.165, 1.54) is 41.4 Å². The van der Waals surface area contributed by atoms with Gasteiger partial charge in [-0.3, -0.25) is 0 Å². The lowest BCUT2D eigenvalue weighted by Gasteiger charge is -2.33. The van der Waals surface area contributed by atoms with Gasteiger partial charge in [0.05, 0.1) is 0 Å². The van der Waals surface area contributed by atoms with Gasteiger partial charge in [0.2, 0.25) is 0 Å². The van der Waals surface area contributed by atoms with Crippen LogP contribution in [0.2, 0.25) is 0 Å². The Bertz CT molecular complexity index is 427. The van der Waals surface area contributed by atoms with Gasteiger partial charge in [0.1, 0.15) is 0 Å². The molecule has 0 spiro atoms. The maximum Gasteiger partial charge on any atom is 0.0417 e. The summed E-state index contributed by atoms with van der Waals surface area (Å²) in [6.07, 6.45) is 5.46. The summed E-state index contributed by atoms with van der Waals surface area (Å²) in [4.78, 5) is 2.61. The van der Waals surface area contributed by atoms with Crippen molar-refractivity contribution < 1.29 is 0 Å². The highest BCUT2D eigenvalue weighted by atomic mass is 79.9. The predicted molar refractivity (Wildman–Crippen MR) is 91.5 cm³/mol. The first-order valence-electron chi connectivity index (χ1n) is 7.96. The lowest BCUT2D eigenvalue weighted by atomic mass is 10.0. The molecule has 1 unspecified atom stereocenters. The highest BCUT2D eigenvalue weighted by Crippen LogP contribution is 2.34. The maximum absolute atomic E-state index is 3.62. The zero-order valence-corrected chi connectivity index (χ0v) is 14.5. The van der Waals surface area contributed by atoms with Crippen LogP contribution in [0, 0.1) is 0 Å². The zero-order valence-electron chi connectivity index (χ0n) is 13.0. The Balaban J connectivity index is 2.32. The molecule has 0 saturated heterocycles. The highest BCUT2D eigenvalue weighted by Gasteiger charge is 2.24. The van der Waals surface area contributed by atoms with Crippen LogP contribution in [0.1, 0.15) is 58.1 Å². The number of nitrogens with zero attached hydrogens (tertiary/aromatic N) is 1. The molecule has 3 heteroatoms. The van der Waals surface area contributed by atoms with E-state index >= 15 is 0 Å². The second-order valence-corrected chi connectivity index (χ2v) is 6.62. The number of benzene rings is 1. The van der Waals surface area contributed by atoms with Crippen LogP contribution in [0.4, 0.5) is 5.69 Å². The second kappa shape index (κ2) is 7.46. The molecule has 112 valence electrons. The molecule has 1 aromatic carbocycles. The van der Waals surface area contributed by atoms with Crippen LogP contribution in [0.5, 0.6) is 0 Å². The molecule has 1 atom stereocenters. The lowest BCUT2D eigenvalue weighted by molar-refractivity contribution is 0.580. The number of hydrogen-bond acceptors (Lipinski definition) is 2. The van der Waals surface area contributed by atoms with E-state index < -0.39 is 0 Å². The van der Waals surface area contributed by atoms with Crippen molar-refractivity contribution in [3.8, 4) is 0 Å². The van der Waals surface area contributed by atoms with Crippen LogP contribution in [0.25, 0.3) is 0 Å². The molecule has 2 rings (SSSR count). The quantitative estimate of drug-likeness (QED) is 0.794. The number of hydrogen-bond donors (Lipinski definition) is 1. The van der Waals surface area contributed by atoms with E-state index in [4.69, 9.17) is 0 Å². The molecule has 2 nitrogen and oxygen atoms in total. The molecular weight excluding hydrogens is 312 g/mol. The van der Waals surface area contributed by atoms with Crippen molar-refractivity contribution in [3.05, 3.63) is 28.2 Å². The van der Waals surface area contributed by atoms with Crippen molar-refractivity contribution in [2.75, 3.05) is 18.0 Å². The second-order valence-electron chi connectivity index (χ2n) is 5.71. The van der Waals surface area contributed by atoms with Gasteiger partial charge in [-0.25, -0.2) is 0 Å². The Morgan fingerprint density at radius 3 is 2.60 bits per heavy atom. The first-order chi connectivity index (χ1) is 9.67. The van der Waals surface area contributed by atoms with E-state index in [0.29, 0.717) is 6.04 Å². The van der Waals surface area contributed by atoms with Crippen molar-refractivity contribution in [3.63, 3.8) is 0 Å². The summed E-state index contributed by atoms with van der Waals surface area (Å²) in [6, 6.07) is 7.86. The Labute approximate surface area is 132 Å². The molecule has 1 saturated carbocycles. The largest absolute Gasteiger partial charge is 0.369 e. The molecule has 0 heterocycles. The summed E-state index contributed by atoms with van der Waals surface area (Å²) >= 11 is 3.62. The Hall–Kier alpha value is -0.540. The molecule has 1 aliphatic rings. The van der Waals surface area contributed by atoms with Gasteiger partial charge in [-0.05, 0) is 57.0 Å². The Kier molecular flexibility index (Phi) is 5.91. The fourth-order valence-corrected chi connectivity index (χ4v) is 3.77. The van der Waals surface area contributed by atoms with Gasteiger partial charge in [0, 0.05) is 28.8 Å². The van der Waals surface area contributed by atoms with E-state index in [1.807, 2.05) is 0 Å². The summed E-state index contributed by atoms with van der Waals surface area (Å²) < 4.78 is 1.17. The third-order valence-electron chi connectivity index (χ3n) is 4.38. The fraction of sp³-hybridized carbons (Fsp3) is 0.647. The normalized spacial score (nSPS) is 17.4. The number of rotatable bonds is 6. The van der Waals surface area contributed by atoms with E-state index in [1.54, 1.807) is 0 Å². The summed E-state index contributed by atoms with van der Waals surface area (Å²) in [5.41, 5.74) is 2.83. The smallest absolute Gasteiger partial charge is 0.0417 e. The molecular formula is C17H27BrN2. The van der Waals surface area contributed by atoms with Crippen molar-refractivity contribution >= 4 is 21.6 Å². The molecule has 0 amide bonds. The van der Waals surface area contributed by atoms with E-state index in [-0.39, 0.29) is 0 Å². The average Bonchev–Trinajstić information content (AvgIpc) is 2.95. The predicted octanol–water partition coefficient (Wildman–Crippen LogP) is 4.89. The molecule has 1 fully saturated rings. The molecule has 20 heavy (non-hydrogen) atoms. The van der Waals surface area contributed by atoms with E-state index in [0.717, 1.165) is 19.1 Å². The first kappa shape index (κ1) is 15.8. The SMILES string of the molecule is CCNC(C)c1cc(Br)ccc1N(CC)C1CCCC1. The van der Waals surface area contributed by atoms with Crippen LogP contribution >= 0.6 is 15.9 Å². The highest BCUT2D eigenvalue weighted by molar-refractivity contribution is 9.10. The lowest BCUT2D eigenvalue weighted by Crippen LogP contribution is -2.34. The van der Waals surface area contributed by atoms with Crippen molar-refractivity contribution in [2.45, 2.75) is 58.5 Å². The van der Waals surface area contributed by atoms with Crippen LogP contribution in [0.15, 0.2) is 22.7 Å². The van der Waals surface area contributed by atoms with Gasteiger partial charge in [-0.15, -0.1) is 0 Å². The van der Waals surface area contributed by atoms with Gasteiger partial charge in [0.25, 0.3) is 0 Å². The number of anilines is 1. The molecule has 0 aromatic heterocycles. The first-order valence-corrected chi connectivity index (χ1v) is 8.76. The molecule has 0 bridgehead atoms. The minimum absolute atomic E-state index is 0.392. The molecule has 0 radical (unpaired) electrons. The summed E-state index contributed by atoms with van der Waals surface area (Å²) in [5.74, 6) is 0. The van der Waals surface area contributed by atoms with Crippen LogP contribution in [0.3, 0.4) is 0 Å². The van der Waals surface area contributed by atoms with E-state index in [2.05, 4.69) is 65.1 Å². The Morgan fingerprint density at radius 1 is 1.30 bits per heavy atom. The van der Waals surface area contributed by atoms with Crippen molar-refractivity contribution in [2.24, 2.45) is 0 Å². The fourth-order valence-electron chi connectivity index (χ4n) is 3.39. The van der Waals surface area contributed by atoms with Crippen molar-refractivity contribution in [1.29, 1.82) is 0 Å². The molecule has 0 aliphatic heterocycles. The van der Waals surface area contributed by atoms with E-state index in [9.17, 15) is 0 Å². The third-order valence-corrected chi connectivity index (χ3v) is 4.88. The third kappa shape index (κ3) is 3.56. The van der Waals surface area contributed by atoms with Gasteiger partial charge >= 0.3 is 0 Å². The zero-order chi connectivity index (χ0) is 14.5. The van der Waals surface area contributed by atoms with Crippen LogP contribution in [-0.4, -0.2) is 19.1 Å². The standard InChI is InChI=1S/C17H27BrN2/c1-4-19-13(3)16-12-14(18)10-11-17(16)20(5-2)15-8-6-7-9-15/h10-13,15,19H,4-9H2,1-3H3. The van der Waals surface area contributed by atoms with Gasteiger partial charge in [-0.1, -0.05) is 35.7 Å². The summed E-state index contributed by atoms with van der Waals surface area (Å²) in [5, 5.41) is 3.55. The Morgan fingerprint density at radius 2 is 2.00 bits per heavy atom.